The van der Waals surface area contributed by atoms with E-state index in [1.807, 2.05) is 24.3 Å². The second kappa shape index (κ2) is 15.8. The minimum Gasteiger partial charge on any atom is -0.872 e. The third-order valence-corrected chi connectivity index (χ3v) is 8.98. The zero-order chi connectivity index (χ0) is 27.2. The van der Waals surface area contributed by atoms with E-state index in [1.165, 1.54) is 68.5 Å². The van der Waals surface area contributed by atoms with E-state index in [0.717, 1.165) is 10.0 Å². The van der Waals surface area contributed by atoms with Crippen molar-refractivity contribution in [3.05, 3.63) is 129 Å². The Morgan fingerprint density at radius 1 is 0.595 bits per heavy atom. The summed E-state index contributed by atoms with van der Waals surface area (Å²) in [4.78, 5) is 20.4. The fraction of sp³-hybridized carbons (Fsp3) is 0.0714. The normalized spacial score (nSPS) is 9.57. The van der Waals surface area contributed by atoms with Crippen molar-refractivity contribution < 1.29 is 30.0 Å². The largest absolute Gasteiger partial charge is 0.872 e. The van der Waals surface area contributed by atoms with Gasteiger partial charge in [0.15, 0.2) is 0 Å². The Labute approximate surface area is 235 Å². The number of aromatic carboxylic acids is 2. The van der Waals surface area contributed by atoms with Gasteiger partial charge in [0.2, 0.25) is 0 Å². The monoisotopic (exact) mass is 644 g/mol. The van der Waals surface area contributed by atoms with Crippen LogP contribution < -0.4 is 10.2 Å². The van der Waals surface area contributed by atoms with Crippen molar-refractivity contribution in [1.29, 1.82) is 0 Å². The summed E-state index contributed by atoms with van der Waals surface area (Å²) in [6, 6.07) is 27.5. The van der Waals surface area contributed by atoms with Crippen LogP contribution in [0.3, 0.4) is 0 Å². The van der Waals surface area contributed by atoms with Crippen LogP contribution in [-0.4, -0.2) is 43.3 Å². The van der Waals surface area contributed by atoms with Gasteiger partial charge in [0.05, 0.1) is 11.1 Å². The van der Waals surface area contributed by atoms with Gasteiger partial charge >= 0.3 is 135 Å². The van der Waals surface area contributed by atoms with Gasteiger partial charge in [0.25, 0.3) is 0 Å². The van der Waals surface area contributed by atoms with Crippen molar-refractivity contribution in [2.24, 2.45) is 0 Å². The van der Waals surface area contributed by atoms with E-state index in [-0.39, 0.29) is 32.3 Å². The Hall–Kier alpha value is -3.20. The number of carboxylic acid groups (broad SMARTS) is 2. The van der Waals surface area contributed by atoms with Gasteiger partial charge in [0.1, 0.15) is 0 Å². The van der Waals surface area contributed by atoms with E-state index in [2.05, 4.69) is 24.3 Å². The molecule has 0 fully saturated rings. The van der Waals surface area contributed by atoms with Gasteiger partial charge in [-0.25, -0.2) is 9.59 Å². The SMILES string of the molecule is Clc1ccc([CH2][Sn+2][CH2]c2ccc(Cl)cc2)cc1.O=C(O)c1ccccc1[O-].O=C(O)c1ccccc1[O-]. The average molecular weight is 644 g/mol. The van der Waals surface area contributed by atoms with Crippen molar-refractivity contribution in [3.63, 3.8) is 0 Å². The smallest absolute Gasteiger partial charge is 0.335 e. The zero-order valence-corrected chi connectivity index (χ0v) is 23.8. The van der Waals surface area contributed by atoms with Crippen LogP contribution in [0.5, 0.6) is 11.5 Å². The number of hydrogen-bond donors (Lipinski definition) is 2. The summed E-state index contributed by atoms with van der Waals surface area (Å²) >= 11 is 11.3. The summed E-state index contributed by atoms with van der Waals surface area (Å²) in [5.74, 6) is -3.25. The molecule has 0 amide bonds. The van der Waals surface area contributed by atoms with E-state index in [9.17, 15) is 19.8 Å². The summed E-state index contributed by atoms with van der Waals surface area (Å²) < 4.78 is 2.51. The van der Waals surface area contributed by atoms with Crippen LogP contribution in [0, 0.1) is 0 Å². The summed E-state index contributed by atoms with van der Waals surface area (Å²) in [5.41, 5.74) is 2.47. The van der Waals surface area contributed by atoms with Crippen LogP contribution in [-0.2, 0) is 8.87 Å². The Kier molecular flexibility index (Phi) is 12.8. The molecule has 37 heavy (non-hydrogen) atoms. The maximum atomic E-state index is 10.7. The van der Waals surface area contributed by atoms with E-state index in [0.29, 0.717) is 0 Å². The predicted octanol–water partition coefficient (Wildman–Crippen LogP) is 5.31. The quantitative estimate of drug-likeness (QED) is 0.275. The molecule has 4 rings (SSSR count). The predicted molar refractivity (Wildman–Crippen MR) is 142 cm³/mol. The molecule has 0 aliphatic rings. The fourth-order valence-corrected chi connectivity index (χ4v) is 6.44. The minimum absolute atomic E-state index is 0.178. The molecule has 0 saturated heterocycles. The Morgan fingerprint density at radius 2 is 0.919 bits per heavy atom. The van der Waals surface area contributed by atoms with Gasteiger partial charge < -0.3 is 20.4 Å². The van der Waals surface area contributed by atoms with Crippen molar-refractivity contribution in [1.82, 2.24) is 0 Å². The summed E-state index contributed by atoms with van der Waals surface area (Å²) in [6.07, 6.45) is 0. The Bertz CT molecular complexity index is 1190. The van der Waals surface area contributed by atoms with Crippen LogP contribution in [0.2, 0.25) is 10.0 Å². The summed E-state index contributed by atoms with van der Waals surface area (Å²) in [6.45, 7) is 0. The molecule has 0 bridgehead atoms. The van der Waals surface area contributed by atoms with Crippen LogP contribution in [0.4, 0.5) is 0 Å². The van der Waals surface area contributed by atoms with Crippen molar-refractivity contribution in [3.8, 4) is 11.5 Å². The first-order valence-corrected chi connectivity index (χ1v) is 15.6. The first kappa shape index (κ1) is 30.0. The second-order valence-electron chi connectivity index (χ2n) is 7.46. The average Bonchev–Trinajstić information content (AvgIpc) is 2.87. The van der Waals surface area contributed by atoms with Crippen molar-refractivity contribution >= 4 is 56.3 Å². The van der Waals surface area contributed by atoms with Crippen LogP contribution in [0.15, 0.2) is 97.1 Å². The number of hydrogen-bond acceptors (Lipinski definition) is 4. The molecule has 4 aromatic rings. The van der Waals surface area contributed by atoms with E-state index < -0.39 is 23.4 Å². The van der Waals surface area contributed by atoms with Gasteiger partial charge in [-0.3, -0.25) is 0 Å². The maximum absolute atomic E-state index is 10.7. The number of para-hydroxylation sites is 2. The van der Waals surface area contributed by atoms with E-state index >= 15 is 0 Å². The molecular formula is C28H22Cl2O6Sn. The van der Waals surface area contributed by atoms with Crippen LogP contribution >= 0.6 is 23.2 Å². The number of carbonyl (C=O) groups is 2. The third-order valence-electron chi connectivity index (χ3n) is 4.72. The fourth-order valence-electron chi connectivity index (χ4n) is 2.84. The molecular weight excluding hydrogens is 622 g/mol. The number of benzene rings is 4. The number of carboxylic acids is 2. The van der Waals surface area contributed by atoms with E-state index in [1.54, 1.807) is 0 Å². The molecule has 0 atom stereocenters. The van der Waals surface area contributed by atoms with Gasteiger partial charge in [-0.05, 0) is 12.1 Å². The van der Waals surface area contributed by atoms with Crippen LogP contribution in [0.25, 0.3) is 0 Å². The minimum atomic E-state index is -1.18. The molecule has 0 aliphatic heterocycles. The maximum Gasteiger partial charge on any atom is 0.335 e. The first-order valence-electron chi connectivity index (χ1n) is 10.9. The third kappa shape index (κ3) is 11.2. The summed E-state index contributed by atoms with van der Waals surface area (Å²) in [5, 5.41) is 39.7. The Balaban J connectivity index is 0.000000208. The second-order valence-corrected chi connectivity index (χ2v) is 11.8. The first-order chi connectivity index (χ1) is 17.7. The molecule has 4 aromatic carbocycles. The van der Waals surface area contributed by atoms with Crippen molar-refractivity contribution in [2.45, 2.75) is 8.87 Å². The topological polar surface area (TPSA) is 121 Å². The van der Waals surface area contributed by atoms with Gasteiger partial charge in [-0.1, -0.05) is 47.9 Å². The molecule has 6 nitrogen and oxygen atoms in total. The number of halogens is 2. The van der Waals surface area contributed by atoms with Gasteiger partial charge in [0, 0.05) is 0 Å². The Morgan fingerprint density at radius 3 is 1.19 bits per heavy atom. The van der Waals surface area contributed by atoms with Gasteiger partial charge in [-0.15, -0.1) is 0 Å². The molecule has 9 heteroatoms. The number of rotatable bonds is 6. The molecule has 2 N–H and O–H groups in total. The van der Waals surface area contributed by atoms with E-state index in [4.69, 9.17) is 33.4 Å². The molecule has 0 aliphatic carbocycles. The van der Waals surface area contributed by atoms with Crippen LogP contribution in [0.1, 0.15) is 31.8 Å². The zero-order valence-electron chi connectivity index (χ0n) is 19.4. The molecule has 0 spiro atoms. The molecule has 0 radical (unpaired) electrons. The van der Waals surface area contributed by atoms with Gasteiger partial charge in [-0.2, -0.15) is 0 Å². The molecule has 0 saturated carbocycles. The standard InChI is InChI=1S/2C7H6Cl.2C7H6O3.Sn/c2*1-6-2-4-7(8)5-3-6;2*8-6-4-2-1-3-5(6)7(9)10;/h2*2-5H,1H2;2*1-4,8H,(H,9,10);/q;;;;+2/p-2. The molecule has 0 heterocycles. The van der Waals surface area contributed by atoms with Crippen molar-refractivity contribution in [2.75, 3.05) is 0 Å². The molecule has 0 aromatic heterocycles. The molecule has 188 valence electrons. The summed E-state index contributed by atoms with van der Waals surface area (Å²) in [7, 11) is 0. The molecule has 0 unspecified atom stereocenters.